The highest BCUT2D eigenvalue weighted by Gasteiger charge is 2.32. The average molecular weight is 331 g/mol. The Bertz CT molecular complexity index is 624. The van der Waals surface area contributed by atoms with Gasteiger partial charge in [-0.15, -0.1) is 0 Å². The number of non-ortho nitro benzene ring substituents is 1. The number of hydrogen-bond donors (Lipinski definition) is 0. The topological polar surface area (TPSA) is 69.4 Å². The quantitative estimate of drug-likeness (QED) is 0.342. The van der Waals surface area contributed by atoms with E-state index in [0.717, 1.165) is 12.8 Å². The number of benzene rings is 1. The Kier molecular flexibility index (Phi) is 6.12. The van der Waals surface area contributed by atoms with Crippen molar-refractivity contribution < 1.29 is 14.5 Å². The summed E-state index contributed by atoms with van der Waals surface area (Å²) in [4.78, 5) is 22.5. The minimum atomic E-state index is -0.452. The molecular formula is C19H25NO4. The molecule has 2 rings (SSSR count). The molecule has 5 heteroatoms. The fraction of sp³-hybridized carbons (Fsp3) is 0.526. The lowest BCUT2D eigenvalue weighted by molar-refractivity contribution is -0.384. The first kappa shape index (κ1) is 18.2. The SMILES string of the molecule is CC(C)[C@@H]1CC[C@@H](C)C[C@H]1OC(=O)/C=C/c1cccc([N+](=O)[O-])c1. The number of ether oxygens (including phenoxy) is 1. The molecule has 0 saturated heterocycles. The van der Waals surface area contributed by atoms with E-state index in [1.165, 1.54) is 24.6 Å². The standard InChI is InChI=1S/C19H25NO4/c1-13(2)17-9-7-14(3)11-18(17)24-19(21)10-8-15-5-4-6-16(12-15)20(22)23/h4-6,8,10,12-14,17-18H,7,9,11H2,1-3H3/b10-8+/t14-,17+,18-/m1/s1. The summed E-state index contributed by atoms with van der Waals surface area (Å²) in [6.45, 7) is 6.52. The van der Waals surface area contributed by atoms with Crippen LogP contribution in [0.1, 0.15) is 45.6 Å². The van der Waals surface area contributed by atoms with E-state index >= 15 is 0 Å². The third-order valence-corrected chi connectivity index (χ3v) is 4.72. The van der Waals surface area contributed by atoms with Crippen LogP contribution in [0.15, 0.2) is 30.3 Å². The van der Waals surface area contributed by atoms with Gasteiger partial charge in [-0.3, -0.25) is 10.1 Å². The van der Waals surface area contributed by atoms with Crippen LogP contribution in [0.3, 0.4) is 0 Å². The summed E-state index contributed by atoms with van der Waals surface area (Å²) in [7, 11) is 0. The minimum absolute atomic E-state index is 0.00601. The van der Waals surface area contributed by atoms with Gasteiger partial charge >= 0.3 is 5.97 Å². The van der Waals surface area contributed by atoms with Crippen molar-refractivity contribution in [3.63, 3.8) is 0 Å². The van der Waals surface area contributed by atoms with Gasteiger partial charge in [0.2, 0.25) is 0 Å². The lowest BCUT2D eigenvalue weighted by Crippen LogP contribution is -2.35. The van der Waals surface area contributed by atoms with Crippen LogP contribution < -0.4 is 0 Å². The number of carbonyl (C=O) groups is 1. The number of nitro benzene ring substituents is 1. The smallest absolute Gasteiger partial charge is 0.331 e. The van der Waals surface area contributed by atoms with Crippen molar-refractivity contribution in [2.45, 2.75) is 46.1 Å². The molecule has 0 spiro atoms. The second-order valence-electron chi connectivity index (χ2n) is 6.99. The average Bonchev–Trinajstić information content (AvgIpc) is 2.53. The van der Waals surface area contributed by atoms with Crippen LogP contribution in [0, 0.1) is 27.9 Å². The predicted octanol–water partition coefficient (Wildman–Crippen LogP) is 4.61. The first-order valence-electron chi connectivity index (χ1n) is 8.50. The molecule has 1 aromatic rings. The number of rotatable bonds is 5. The number of nitrogens with zero attached hydrogens (tertiary/aromatic N) is 1. The van der Waals surface area contributed by atoms with E-state index in [1.807, 2.05) is 0 Å². The minimum Gasteiger partial charge on any atom is -0.459 e. The van der Waals surface area contributed by atoms with Gasteiger partial charge in [-0.05, 0) is 42.2 Å². The van der Waals surface area contributed by atoms with Gasteiger partial charge in [0.05, 0.1) is 4.92 Å². The van der Waals surface area contributed by atoms with E-state index in [4.69, 9.17) is 4.74 Å². The van der Waals surface area contributed by atoms with Gasteiger partial charge < -0.3 is 4.74 Å². The highest BCUT2D eigenvalue weighted by Crippen LogP contribution is 2.35. The summed E-state index contributed by atoms with van der Waals surface area (Å²) in [6.07, 6.45) is 6.04. The summed E-state index contributed by atoms with van der Waals surface area (Å²) >= 11 is 0. The van der Waals surface area contributed by atoms with Crippen molar-refractivity contribution in [1.82, 2.24) is 0 Å². The van der Waals surface area contributed by atoms with Gasteiger partial charge in [0.25, 0.3) is 5.69 Å². The molecule has 0 aliphatic heterocycles. The third kappa shape index (κ3) is 4.91. The van der Waals surface area contributed by atoms with Crippen molar-refractivity contribution in [2.75, 3.05) is 0 Å². The molecule has 3 atom stereocenters. The van der Waals surface area contributed by atoms with Crippen LogP contribution in [-0.2, 0) is 9.53 Å². The zero-order chi connectivity index (χ0) is 17.7. The molecule has 0 aromatic heterocycles. The van der Waals surface area contributed by atoms with Crippen molar-refractivity contribution in [2.24, 2.45) is 17.8 Å². The molecule has 24 heavy (non-hydrogen) atoms. The van der Waals surface area contributed by atoms with Gasteiger partial charge in [0, 0.05) is 18.2 Å². The maximum atomic E-state index is 12.1. The summed E-state index contributed by atoms with van der Waals surface area (Å²) in [5.74, 6) is 1.07. The molecule has 0 amide bonds. The summed E-state index contributed by atoms with van der Waals surface area (Å²) < 4.78 is 5.68. The van der Waals surface area contributed by atoms with Crippen LogP contribution in [0.4, 0.5) is 5.69 Å². The maximum absolute atomic E-state index is 12.1. The van der Waals surface area contributed by atoms with Gasteiger partial charge in [-0.1, -0.05) is 39.3 Å². The van der Waals surface area contributed by atoms with E-state index in [2.05, 4.69) is 20.8 Å². The van der Waals surface area contributed by atoms with E-state index in [-0.39, 0.29) is 17.8 Å². The fourth-order valence-electron chi connectivity index (χ4n) is 3.34. The molecule has 0 bridgehead atoms. The second-order valence-corrected chi connectivity index (χ2v) is 6.99. The summed E-state index contributed by atoms with van der Waals surface area (Å²) in [5.41, 5.74) is 0.616. The van der Waals surface area contributed by atoms with E-state index in [0.29, 0.717) is 23.3 Å². The largest absolute Gasteiger partial charge is 0.459 e. The number of nitro groups is 1. The third-order valence-electron chi connectivity index (χ3n) is 4.72. The normalized spacial score (nSPS) is 24.2. The van der Waals surface area contributed by atoms with Crippen LogP contribution in [-0.4, -0.2) is 17.0 Å². The van der Waals surface area contributed by atoms with Crippen LogP contribution in [0.2, 0.25) is 0 Å². The summed E-state index contributed by atoms with van der Waals surface area (Å²) in [5, 5.41) is 10.8. The van der Waals surface area contributed by atoms with E-state index < -0.39 is 4.92 Å². The highest BCUT2D eigenvalue weighted by atomic mass is 16.6. The Morgan fingerprint density at radius 1 is 1.38 bits per heavy atom. The van der Waals surface area contributed by atoms with Crippen molar-refractivity contribution >= 4 is 17.7 Å². The predicted molar refractivity (Wildman–Crippen MR) is 93.4 cm³/mol. The second kappa shape index (κ2) is 8.08. The first-order chi connectivity index (χ1) is 11.4. The monoisotopic (exact) mass is 331 g/mol. The molecule has 130 valence electrons. The maximum Gasteiger partial charge on any atom is 0.331 e. The molecular weight excluding hydrogens is 306 g/mol. The van der Waals surface area contributed by atoms with Gasteiger partial charge in [0.15, 0.2) is 0 Å². The Hall–Kier alpha value is -2.17. The van der Waals surface area contributed by atoms with Gasteiger partial charge in [0.1, 0.15) is 6.10 Å². The van der Waals surface area contributed by atoms with Crippen molar-refractivity contribution in [1.29, 1.82) is 0 Å². The number of carbonyl (C=O) groups excluding carboxylic acids is 1. The van der Waals surface area contributed by atoms with Crippen molar-refractivity contribution in [3.8, 4) is 0 Å². The zero-order valence-electron chi connectivity index (χ0n) is 14.5. The molecule has 0 radical (unpaired) electrons. The zero-order valence-corrected chi connectivity index (χ0v) is 14.5. The Labute approximate surface area is 142 Å². The van der Waals surface area contributed by atoms with Crippen molar-refractivity contribution in [3.05, 3.63) is 46.0 Å². The van der Waals surface area contributed by atoms with Crippen LogP contribution >= 0.6 is 0 Å². The van der Waals surface area contributed by atoms with Gasteiger partial charge in [-0.25, -0.2) is 4.79 Å². The van der Waals surface area contributed by atoms with Crippen LogP contribution in [0.25, 0.3) is 6.08 Å². The fourth-order valence-corrected chi connectivity index (χ4v) is 3.34. The molecule has 1 aliphatic rings. The molecule has 0 N–H and O–H groups in total. The molecule has 1 aliphatic carbocycles. The number of hydrogen-bond acceptors (Lipinski definition) is 4. The Morgan fingerprint density at radius 3 is 2.79 bits per heavy atom. The molecule has 1 fully saturated rings. The Balaban J connectivity index is 2.01. The lowest BCUT2D eigenvalue weighted by Gasteiger charge is -2.36. The molecule has 5 nitrogen and oxygen atoms in total. The summed E-state index contributed by atoms with van der Waals surface area (Å²) in [6, 6.07) is 6.17. The number of esters is 1. The Morgan fingerprint density at radius 2 is 2.12 bits per heavy atom. The first-order valence-corrected chi connectivity index (χ1v) is 8.50. The van der Waals surface area contributed by atoms with Crippen LogP contribution in [0.5, 0.6) is 0 Å². The van der Waals surface area contributed by atoms with Gasteiger partial charge in [-0.2, -0.15) is 0 Å². The highest BCUT2D eigenvalue weighted by molar-refractivity contribution is 5.87. The van der Waals surface area contributed by atoms with E-state index in [9.17, 15) is 14.9 Å². The van der Waals surface area contributed by atoms with E-state index in [1.54, 1.807) is 18.2 Å². The molecule has 0 unspecified atom stereocenters. The lowest BCUT2D eigenvalue weighted by atomic mass is 9.75. The molecule has 1 saturated carbocycles. The molecule has 0 heterocycles. The molecule has 1 aromatic carbocycles.